The lowest BCUT2D eigenvalue weighted by atomic mass is 10.1. The van der Waals surface area contributed by atoms with Gasteiger partial charge < -0.3 is 9.64 Å². The molecule has 0 saturated heterocycles. The molecule has 0 bridgehead atoms. The first-order valence-electron chi connectivity index (χ1n) is 7.10. The minimum absolute atomic E-state index is 0.132. The SMILES string of the molecule is COC(=O)CCN(Cc1ccncc1)C(=O)c1cccc(Br)c1. The zero-order valence-electron chi connectivity index (χ0n) is 12.7. The number of halogens is 1. The third kappa shape index (κ3) is 5.17. The van der Waals surface area contributed by atoms with E-state index in [2.05, 4.69) is 25.7 Å². The highest BCUT2D eigenvalue weighted by molar-refractivity contribution is 9.10. The van der Waals surface area contributed by atoms with E-state index in [0.29, 0.717) is 18.7 Å². The average Bonchev–Trinajstić information content (AvgIpc) is 2.58. The monoisotopic (exact) mass is 376 g/mol. The van der Waals surface area contributed by atoms with Crippen LogP contribution in [-0.4, -0.2) is 35.4 Å². The Kier molecular flexibility index (Phi) is 6.29. The lowest BCUT2D eigenvalue weighted by Crippen LogP contribution is -2.32. The van der Waals surface area contributed by atoms with Gasteiger partial charge in [0.15, 0.2) is 0 Å². The average molecular weight is 377 g/mol. The van der Waals surface area contributed by atoms with E-state index in [-0.39, 0.29) is 18.3 Å². The van der Waals surface area contributed by atoms with Crippen LogP contribution in [0.25, 0.3) is 0 Å². The number of ether oxygens (including phenoxy) is 1. The molecule has 0 aliphatic carbocycles. The quantitative estimate of drug-likeness (QED) is 0.726. The van der Waals surface area contributed by atoms with Crippen molar-refractivity contribution in [3.63, 3.8) is 0 Å². The summed E-state index contributed by atoms with van der Waals surface area (Å²) in [4.78, 5) is 29.7. The number of hydrogen-bond acceptors (Lipinski definition) is 4. The Hall–Kier alpha value is -2.21. The maximum atomic E-state index is 12.7. The van der Waals surface area contributed by atoms with Crippen molar-refractivity contribution in [2.75, 3.05) is 13.7 Å². The van der Waals surface area contributed by atoms with Crippen LogP contribution in [0.3, 0.4) is 0 Å². The minimum atomic E-state index is -0.341. The molecule has 6 heteroatoms. The number of benzene rings is 1. The fourth-order valence-electron chi connectivity index (χ4n) is 2.09. The van der Waals surface area contributed by atoms with Gasteiger partial charge in [0.25, 0.3) is 5.91 Å². The van der Waals surface area contributed by atoms with E-state index < -0.39 is 0 Å². The van der Waals surface area contributed by atoms with Crippen LogP contribution in [0, 0.1) is 0 Å². The van der Waals surface area contributed by atoms with E-state index in [1.165, 1.54) is 7.11 Å². The van der Waals surface area contributed by atoms with Crippen molar-refractivity contribution in [1.29, 1.82) is 0 Å². The zero-order valence-corrected chi connectivity index (χ0v) is 14.3. The standard InChI is InChI=1S/C17H17BrN2O3/c1-23-16(21)7-10-20(12-13-5-8-19-9-6-13)17(22)14-3-2-4-15(18)11-14/h2-6,8-9,11H,7,10,12H2,1H3. The fraction of sp³-hybridized carbons (Fsp3) is 0.235. The zero-order chi connectivity index (χ0) is 16.7. The molecule has 0 saturated carbocycles. The first-order valence-corrected chi connectivity index (χ1v) is 7.90. The Labute approximate surface area is 143 Å². The van der Waals surface area contributed by atoms with Gasteiger partial charge in [-0.1, -0.05) is 22.0 Å². The smallest absolute Gasteiger partial charge is 0.307 e. The molecule has 0 aliphatic heterocycles. The van der Waals surface area contributed by atoms with E-state index in [9.17, 15) is 9.59 Å². The van der Waals surface area contributed by atoms with Crippen molar-refractivity contribution in [1.82, 2.24) is 9.88 Å². The maximum absolute atomic E-state index is 12.7. The van der Waals surface area contributed by atoms with Gasteiger partial charge >= 0.3 is 5.97 Å². The van der Waals surface area contributed by atoms with Gasteiger partial charge in [-0.25, -0.2) is 0 Å². The summed E-state index contributed by atoms with van der Waals surface area (Å²) in [6.07, 6.45) is 3.51. The molecular weight excluding hydrogens is 360 g/mol. The molecule has 0 atom stereocenters. The second kappa shape index (κ2) is 8.43. The summed E-state index contributed by atoms with van der Waals surface area (Å²) >= 11 is 3.37. The van der Waals surface area contributed by atoms with Crippen LogP contribution < -0.4 is 0 Å². The molecule has 0 spiro atoms. The van der Waals surface area contributed by atoms with Crippen LogP contribution in [0.4, 0.5) is 0 Å². The van der Waals surface area contributed by atoms with Crippen LogP contribution >= 0.6 is 15.9 Å². The van der Waals surface area contributed by atoms with Gasteiger partial charge in [0.2, 0.25) is 0 Å². The van der Waals surface area contributed by atoms with E-state index in [1.807, 2.05) is 24.3 Å². The number of aromatic nitrogens is 1. The molecule has 0 fully saturated rings. The largest absolute Gasteiger partial charge is 0.469 e. The molecule has 5 nitrogen and oxygen atoms in total. The van der Waals surface area contributed by atoms with E-state index >= 15 is 0 Å². The molecule has 0 radical (unpaired) electrons. The van der Waals surface area contributed by atoms with Crippen LogP contribution in [0.5, 0.6) is 0 Å². The Morgan fingerprint density at radius 1 is 1.22 bits per heavy atom. The molecule has 0 aliphatic rings. The first-order chi connectivity index (χ1) is 11.1. The summed E-state index contributed by atoms with van der Waals surface area (Å²) in [5.74, 6) is -0.473. The van der Waals surface area contributed by atoms with Gasteiger partial charge in [-0.15, -0.1) is 0 Å². The highest BCUT2D eigenvalue weighted by atomic mass is 79.9. The molecule has 1 aromatic heterocycles. The minimum Gasteiger partial charge on any atom is -0.469 e. The number of amides is 1. The predicted octanol–water partition coefficient (Wildman–Crippen LogP) is 3.05. The van der Waals surface area contributed by atoms with E-state index in [0.717, 1.165) is 10.0 Å². The highest BCUT2D eigenvalue weighted by Gasteiger charge is 2.18. The number of esters is 1. The molecule has 0 N–H and O–H groups in total. The van der Waals surface area contributed by atoms with Gasteiger partial charge in [0, 0.05) is 35.5 Å². The number of pyridine rings is 1. The molecular formula is C17H17BrN2O3. The topological polar surface area (TPSA) is 59.5 Å². The third-order valence-electron chi connectivity index (χ3n) is 3.30. The number of hydrogen-bond donors (Lipinski definition) is 0. The summed E-state index contributed by atoms with van der Waals surface area (Å²) in [5, 5.41) is 0. The first kappa shape index (κ1) is 17.1. The predicted molar refractivity (Wildman–Crippen MR) is 89.8 cm³/mol. The Morgan fingerprint density at radius 2 is 1.96 bits per heavy atom. The van der Waals surface area contributed by atoms with Crippen molar-refractivity contribution in [2.45, 2.75) is 13.0 Å². The molecule has 23 heavy (non-hydrogen) atoms. The Balaban J connectivity index is 2.17. The number of methoxy groups -OCH3 is 1. The van der Waals surface area contributed by atoms with Gasteiger partial charge in [0.1, 0.15) is 0 Å². The fourth-order valence-corrected chi connectivity index (χ4v) is 2.49. The van der Waals surface area contributed by atoms with Crippen LogP contribution in [-0.2, 0) is 16.1 Å². The molecule has 2 aromatic rings. The second-order valence-corrected chi connectivity index (χ2v) is 5.83. The maximum Gasteiger partial charge on any atom is 0.307 e. The lowest BCUT2D eigenvalue weighted by molar-refractivity contribution is -0.140. The molecule has 1 aromatic carbocycles. The normalized spacial score (nSPS) is 10.2. The van der Waals surface area contributed by atoms with Crippen LogP contribution in [0.2, 0.25) is 0 Å². The summed E-state index contributed by atoms with van der Waals surface area (Å²) < 4.78 is 5.49. The van der Waals surface area contributed by atoms with E-state index in [4.69, 9.17) is 0 Å². The number of carbonyl (C=O) groups is 2. The summed E-state index contributed by atoms with van der Waals surface area (Å²) in [7, 11) is 1.34. The molecule has 1 heterocycles. The van der Waals surface area contributed by atoms with Gasteiger partial charge in [-0.2, -0.15) is 0 Å². The lowest BCUT2D eigenvalue weighted by Gasteiger charge is -2.22. The number of rotatable bonds is 6. The van der Waals surface area contributed by atoms with Crippen molar-refractivity contribution in [3.8, 4) is 0 Å². The Morgan fingerprint density at radius 3 is 2.61 bits per heavy atom. The molecule has 2 rings (SSSR count). The van der Waals surface area contributed by atoms with Gasteiger partial charge in [0.05, 0.1) is 13.5 Å². The van der Waals surface area contributed by atoms with Gasteiger partial charge in [-0.3, -0.25) is 14.6 Å². The molecule has 120 valence electrons. The van der Waals surface area contributed by atoms with Crippen molar-refractivity contribution >= 4 is 27.8 Å². The van der Waals surface area contributed by atoms with Crippen molar-refractivity contribution in [2.24, 2.45) is 0 Å². The third-order valence-corrected chi connectivity index (χ3v) is 3.79. The second-order valence-electron chi connectivity index (χ2n) is 4.92. The summed E-state index contributed by atoms with van der Waals surface area (Å²) in [5.41, 5.74) is 1.52. The van der Waals surface area contributed by atoms with Crippen LogP contribution in [0.1, 0.15) is 22.3 Å². The molecule has 1 amide bonds. The highest BCUT2D eigenvalue weighted by Crippen LogP contribution is 2.15. The van der Waals surface area contributed by atoms with Crippen LogP contribution in [0.15, 0.2) is 53.3 Å². The number of carbonyl (C=O) groups excluding carboxylic acids is 2. The molecule has 0 unspecified atom stereocenters. The number of nitrogens with zero attached hydrogens (tertiary/aromatic N) is 2. The summed E-state index contributed by atoms with van der Waals surface area (Å²) in [6, 6.07) is 10.9. The Bertz CT molecular complexity index is 677. The van der Waals surface area contributed by atoms with Crippen molar-refractivity contribution < 1.29 is 14.3 Å². The van der Waals surface area contributed by atoms with Crippen molar-refractivity contribution in [3.05, 3.63) is 64.4 Å². The summed E-state index contributed by atoms with van der Waals surface area (Å²) in [6.45, 7) is 0.700. The van der Waals surface area contributed by atoms with E-state index in [1.54, 1.807) is 29.4 Å². The van der Waals surface area contributed by atoms with Gasteiger partial charge in [-0.05, 0) is 35.9 Å².